The number of nitrogens with one attached hydrogen (secondary N) is 1. The van der Waals surface area contributed by atoms with Gasteiger partial charge in [0.2, 0.25) is 0 Å². The number of hydrogen-bond acceptors (Lipinski definition) is 3. The number of piperidine rings is 1. The third-order valence-electron chi connectivity index (χ3n) is 4.37. The van der Waals surface area contributed by atoms with Crippen molar-refractivity contribution in [1.82, 2.24) is 5.32 Å². The van der Waals surface area contributed by atoms with E-state index in [1.54, 1.807) is 12.1 Å². The van der Waals surface area contributed by atoms with E-state index in [-0.39, 0.29) is 6.04 Å². The predicted octanol–water partition coefficient (Wildman–Crippen LogP) is 4.76. The molecule has 0 aliphatic carbocycles. The van der Waals surface area contributed by atoms with Crippen LogP contribution in [0.25, 0.3) is 0 Å². The molecule has 0 spiro atoms. The maximum atomic E-state index is 14.1. The molecule has 120 valence electrons. The van der Waals surface area contributed by atoms with Gasteiger partial charge < -0.3 is 14.8 Å². The van der Waals surface area contributed by atoms with Gasteiger partial charge in [0, 0.05) is 16.6 Å². The molecule has 2 aromatic carbocycles. The van der Waals surface area contributed by atoms with Crippen LogP contribution in [0, 0.1) is 5.82 Å². The average molecular weight is 334 g/mol. The van der Waals surface area contributed by atoms with Crippen LogP contribution in [-0.4, -0.2) is 6.54 Å². The van der Waals surface area contributed by atoms with Crippen molar-refractivity contribution in [2.75, 3.05) is 6.54 Å². The molecular formula is C18H17ClFNO2. The number of rotatable bonds is 2. The molecule has 2 atom stereocenters. The summed E-state index contributed by atoms with van der Waals surface area (Å²) in [6.45, 7) is 1.00. The summed E-state index contributed by atoms with van der Waals surface area (Å²) in [5.74, 6) is 0.952. The molecule has 5 heteroatoms. The van der Waals surface area contributed by atoms with Crippen LogP contribution in [-0.2, 0) is 0 Å². The van der Waals surface area contributed by atoms with Gasteiger partial charge in [-0.25, -0.2) is 4.39 Å². The van der Waals surface area contributed by atoms with E-state index in [0.717, 1.165) is 18.5 Å². The van der Waals surface area contributed by atoms with E-state index < -0.39 is 12.1 Å². The molecule has 0 aromatic heterocycles. The minimum absolute atomic E-state index is 0.260. The standard InChI is InChI=1S/C18H17ClFNO2/c19-11-7-8-12(14(20)10-11)18-22-16-6-3-4-13(17(16)23-18)15-5-1-2-9-21-15/h3-4,6-8,10,15,18,21H,1-2,5,9H2/t15?,18-/m0/s1. The van der Waals surface area contributed by atoms with Crippen molar-refractivity contribution >= 4 is 11.6 Å². The maximum Gasteiger partial charge on any atom is 0.270 e. The summed E-state index contributed by atoms with van der Waals surface area (Å²) in [6.07, 6.45) is 2.69. The molecule has 0 radical (unpaired) electrons. The van der Waals surface area contributed by atoms with E-state index in [1.807, 2.05) is 18.2 Å². The third-order valence-corrected chi connectivity index (χ3v) is 4.61. The first-order valence-electron chi connectivity index (χ1n) is 7.87. The zero-order valence-corrected chi connectivity index (χ0v) is 13.3. The van der Waals surface area contributed by atoms with Crippen molar-refractivity contribution in [1.29, 1.82) is 0 Å². The van der Waals surface area contributed by atoms with E-state index in [1.165, 1.54) is 18.9 Å². The second-order valence-electron chi connectivity index (χ2n) is 5.91. The largest absolute Gasteiger partial charge is 0.447 e. The van der Waals surface area contributed by atoms with Crippen molar-refractivity contribution < 1.29 is 13.9 Å². The number of fused-ring (bicyclic) bond motifs is 1. The Morgan fingerprint density at radius 2 is 2.00 bits per heavy atom. The second kappa shape index (κ2) is 6.02. The quantitative estimate of drug-likeness (QED) is 0.859. The maximum absolute atomic E-state index is 14.1. The molecule has 0 amide bonds. The molecule has 1 saturated heterocycles. The van der Waals surface area contributed by atoms with Gasteiger partial charge in [-0.3, -0.25) is 0 Å². The topological polar surface area (TPSA) is 30.5 Å². The number of ether oxygens (including phenoxy) is 2. The number of benzene rings is 2. The Labute approximate surface area is 139 Å². The Morgan fingerprint density at radius 1 is 1.09 bits per heavy atom. The van der Waals surface area contributed by atoms with Crippen LogP contribution in [0.15, 0.2) is 36.4 Å². The highest BCUT2D eigenvalue weighted by atomic mass is 35.5. The molecule has 2 aliphatic heterocycles. The average Bonchev–Trinajstić information content (AvgIpc) is 2.99. The van der Waals surface area contributed by atoms with Gasteiger partial charge in [-0.1, -0.05) is 30.2 Å². The Hall–Kier alpha value is -1.78. The lowest BCUT2D eigenvalue weighted by molar-refractivity contribution is 0.0446. The third kappa shape index (κ3) is 2.77. The molecule has 2 aliphatic rings. The van der Waals surface area contributed by atoms with Crippen LogP contribution >= 0.6 is 11.6 Å². The molecule has 1 N–H and O–H groups in total. The monoisotopic (exact) mass is 333 g/mol. The van der Waals surface area contributed by atoms with Gasteiger partial charge in [0.15, 0.2) is 11.5 Å². The van der Waals surface area contributed by atoms with Gasteiger partial charge in [-0.2, -0.15) is 0 Å². The number of hydrogen-bond donors (Lipinski definition) is 1. The van der Waals surface area contributed by atoms with E-state index in [0.29, 0.717) is 22.1 Å². The molecule has 23 heavy (non-hydrogen) atoms. The molecule has 1 fully saturated rings. The molecule has 3 nitrogen and oxygen atoms in total. The molecule has 2 aromatic rings. The Morgan fingerprint density at radius 3 is 2.78 bits per heavy atom. The van der Waals surface area contributed by atoms with Crippen LogP contribution in [0.1, 0.15) is 42.7 Å². The fourth-order valence-corrected chi connectivity index (χ4v) is 3.37. The minimum atomic E-state index is -0.771. The summed E-state index contributed by atoms with van der Waals surface area (Å²) >= 11 is 5.81. The zero-order chi connectivity index (χ0) is 15.8. The molecular weight excluding hydrogens is 317 g/mol. The summed E-state index contributed by atoms with van der Waals surface area (Å²) in [4.78, 5) is 0. The van der Waals surface area contributed by atoms with Gasteiger partial charge in [-0.15, -0.1) is 0 Å². The number of halogens is 2. The summed E-state index contributed by atoms with van der Waals surface area (Å²) in [7, 11) is 0. The first-order chi connectivity index (χ1) is 11.2. The lowest BCUT2D eigenvalue weighted by atomic mass is 9.96. The van der Waals surface area contributed by atoms with E-state index in [4.69, 9.17) is 21.1 Å². The minimum Gasteiger partial charge on any atom is -0.447 e. The second-order valence-corrected chi connectivity index (χ2v) is 6.35. The fourth-order valence-electron chi connectivity index (χ4n) is 3.21. The molecule has 0 saturated carbocycles. The van der Waals surface area contributed by atoms with Crippen LogP contribution in [0.4, 0.5) is 4.39 Å². The van der Waals surface area contributed by atoms with Crippen LogP contribution in [0.5, 0.6) is 11.5 Å². The van der Waals surface area contributed by atoms with E-state index >= 15 is 0 Å². The lowest BCUT2D eigenvalue weighted by Gasteiger charge is -2.24. The van der Waals surface area contributed by atoms with Gasteiger partial charge in [0.25, 0.3) is 6.29 Å². The highest BCUT2D eigenvalue weighted by Gasteiger charge is 2.32. The van der Waals surface area contributed by atoms with Crippen molar-refractivity contribution in [3.05, 3.63) is 58.4 Å². The van der Waals surface area contributed by atoms with Crippen molar-refractivity contribution in [2.24, 2.45) is 0 Å². The Bertz CT molecular complexity index is 731. The van der Waals surface area contributed by atoms with Gasteiger partial charge >= 0.3 is 0 Å². The van der Waals surface area contributed by atoms with Gasteiger partial charge in [0.1, 0.15) is 5.82 Å². The molecule has 4 rings (SSSR count). The summed E-state index contributed by atoms with van der Waals surface area (Å²) < 4.78 is 25.9. The first-order valence-corrected chi connectivity index (χ1v) is 8.25. The Balaban J connectivity index is 1.64. The normalized spacial score (nSPS) is 23.0. The smallest absolute Gasteiger partial charge is 0.270 e. The molecule has 1 unspecified atom stereocenters. The highest BCUT2D eigenvalue weighted by molar-refractivity contribution is 6.30. The molecule has 0 bridgehead atoms. The lowest BCUT2D eigenvalue weighted by Crippen LogP contribution is -2.27. The zero-order valence-electron chi connectivity index (χ0n) is 12.5. The predicted molar refractivity (Wildman–Crippen MR) is 86.4 cm³/mol. The van der Waals surface area contributed by atoms with Crippen LogP contribution < -0.4 is 14.8 Å². The van der Waals surface area contributed by atoms with Gasteiger partial charge in [-0.05, 0) is 43.7 Å². The van der Waals surface area contributed by atoms with Gasteiger partial charge in [0.05, 0.1) is 5.56 Å². The van der Waals surface area contributed by atoms with E-state index in [2.05, 4.69) is 5.32 Å². The van der Waals surface area contributed by atoms with Crippen LogP contribution in [0.2, 0.25) is 5.02 Å². The number of para-hydroxylation sites is 1. The van der Waals surface area contributed by atoms with Crippen molar-refractivity contribution in [3.8, 4) is 11.5 Å². The molecule has 2 heterocycles. The summed E-state index contributed by atoms with van der Waals surface area (Å²) in [5.41, 5.74) is 1.44. The summed E-state index contributed by atoms with van der Waals surface area (Å²) in [6, 6.07) is 10.6. The van der Waals surface area contributed by atoms with Crippen LogP contribution in [0.3, 0.4) is 0 Å². The Kier molecular flexibility index (Phi) is 3.87. The van der Waals surface area contributed by atoms with Crippen molar-refractivity contribution in [3.63, 3.8) is 0 Å². The highest BCUT2D eigenvalue weighted by Crippen LogP contribution is 2.46. The summed E-state index contributed by atoms with van der Waals surface area (Å²) in [5, 5.41) is 3.87. The fraction of sp³-hybridized carbons (Fsp3) is 0.333. The SMILES string of the molecule is Fc1cc(Cl)ccc1[C@H]1Oc2cccc(C3CCCCN3)c2O1. The first kappa shape index (κ1) is 14.8. The van der Waals surface area contributed by atoms with Crippen molar-refractivity contribution in [2.45, 2.75) is 31.6 Å². The van der Waals surface area contributed by atoms with E-state index in [9.17, 15) is 4.39 Å².